The first-order chi connectivity index (χ1) is 8.28. The van der Waals surface area contributed by atoms with Crippen LogP contribution in [0.15, 0.2) is 18.2 Å². The molecule has 0 aromatic heterocycles. The third-order valence-corrected chi connectivity index (χ3v) is 2.25. The molecule has 18 heavy (non-hydrogen) atoms. The number of hydrogen-bond donors (Lipinski definition) is 1. The summed E-state index contributed by atoms with van der Waals surface area (Å²) >= 11 is 5.76. The Morgan fingerprint density at radius 1 is 1.44 bits per heavy atom. The first kappa shape index (κ1) is 14.9. The van der Waals surface area contributed by atoms with Crippen LogP contribution < -0.4 is 5.32 Å². The lowest BCUT2D eigenvalue weighted by molar-refractivity contribution is -0.153. The molecule has 5 heteroatoms. The number of carbonyl (C=O) groups is 1. The molecule has 100 valence electrons. The van der Waals surface area contributed by atoms with E-state index in [4.69, 9.17) is 16.3 Å². The van der Waals surface area contributed by atoms with E-state index < -0.39 is 5.60 Å². The van der Waals surface area contributed by atoms with Gasteiger partial charge in [0.15, 0.2) is 0 Å². The molecule has 1 aromatic rings. The molecular formula is C13H17ClFNO2. The van der Waals surface area contributed by atoms with Crippen molar-refractivity contribution in [1.29, 1.82) is 0 Å². The Morgan fingerprint density at radius 3 is 2.72 bits per heavy atom. The van der Waals surface area contributed by atoms with Crippen LogP contribution in [0, 0.1) is 5.82 Å². The SMILES string of the molecule is CC(C)(C)OC(=O)CNCc1cc(Cl)ccc1F. The normalized spacial score (nSPS) is 11.4. The second-order valence-corrected chi connectivity index (χ2v) is 5.36. The minimum Gasteiger partial charge on any atom is -0.459 e. The minimum absolute atomic E-state index is 0.0310. The molecule has 0 bridgehead atoms. The maximum Gasteiger partial charge on any atom is 0.320 e. The summed E-state index contributed by atoms with van der Waals surface area (Å²) in [5.74, 6) is -0.721. The number of esters is 1. The molecule has 0 fully saturated rings. The number of benzene rings is 1. The highest BCUT2D eigenvalue weighted by Crippen LogP contribution is 2.14. The number of ether oxygens (including phenoxy) is 1. The molecule has 0 atom stereocenters. The van der Waals surface area contributed by atoms with Crippen molar-refractivity contribution in [3.8, 4) is 0 Å². The molecule has 3 nitrogen and oxygen atoms in total. The number of carbonyl (C=O) groups excluding carboxylic acids is 1. The van der Waals surface area contributed by atoms with Gasteiger partial charge >= 0.3 is 5.97 Å². The Hall–Kier alpha value is -1.13. The molecule has 0 aliphatic heterocycles. The standard InChI is InChI=1S/C13H17ClFNO2/c1-13(2,3)18-12(17)8-16-7-9-6-10(14)4-5-11(9)15/h4-6,16H,7-8H2,1-3H3. The van der Waals surface area contributed by atoms with Crippen LogP contribution in [0.2, 0.25) is 5.02 Å². The Bertz CT molecular complexity index is 429. The Balaban J connectivity index is 2.42. The summed E-state index contributed by atoms with van der Waals surface area (Å²) in [5.41, 5.74) is -0.0915. The summed E-state index contributed by atoms with van der Waals surface area (Å²) < 4.78 is 18.5. The van der Waals surface area contributed by atoms with Crippen molar-refractivity contribution < 1.29 is 13.9 Å². The largest absolute Gasteiger partial charge is 0.459 e. The second-order valence-electron chi connectivity index (χ2n) is 4.93. The molecule has 0 aliphatic carbocycles. The van der Waals surface area contributed by atoms with E-state index in [-0.39, 0.29) is 24.9 Å². The quantitative estimate of drug-likeness (QED) is 0.858. The van der Waals surface area contributed by atoms with Gasteiger partial charge in [-0.3, -0.25) is 4.79 Å². The van der Waals surface area contributed by atoms with Gasteiger partial charge in [-0.2, -0.15) is 0 Å². The monoisotopic (exact) mass is 273 g/mol. The van der Waals surface area contributed by atoms with Gasteiger partial charge in [0.1, 0.15) is 11.4 Å². The van der Waals surface area contributed by atoms with Crippen molar-refractivity contribution in [3.63, 3.8) is 0 Å². The number of rotatable bonds is 4. The van der Waals surface area contributed by atoms with Crippen LogP contribution in [0.3, 0.4) is 0 Å². The van der Waals surface area contributed by atoms with Crippen LogP contribution in [0.1, 0.15) is 26.3 Å². The maximum absolute atomic E-state index is 13.4. The van der Waals surface area contributed by atoms with Crippen molar-refractivity contribution in [2.24, 2.45) is 0 Å². The zero-order valence-electron chi connectivity index (χ0n) is 10.7. The number of nitrogens with one attached hydrogen (secondary N) is 1. The molecule has 0 saturated heterocycles. The van der Waals surface area contributed by atoms with Crippen LogP contribution >= 0.6 is 11.6 Å². The van der Waals surface area contributed by atoms with Crippen LogP contribution in [0.4, 0.5) is 4.39 Å². The Kier molecular flexibility index (Phi) is 5.11. The fraction of sp³-hybridized carbons (Fsp3) is 0.462. The molecule has 1 N–H and O–H groups in total. The fourth-order valence-electron chi connectivity index (χ4n) is 1.36. The Morgan fingerprint density at radius 2 is 2.11 bits per heavy atom. The minimum atomic E-state index is -0.514. The lowest BCUT2D eigenvalue weighted by Gasteiger charge is -2.19. The zero-order chi connectivity index (χ0) is 13.8. The van der Waals surface area contributed by atoms with Crippen molar-refractivity contribution in [3.05, 3.63) is 34.6 Å². The molecule has 1 aromatic carbocycles. The summed E-state index contributed by atoms with van der Waals surface area (Å²) in [6.45, 7) is 5.64. The van der Waals surface area contributed by atoms with E-state index in [1.165, 1.54) is 18.2 Å². The molecule has 0 saturated carbocycles. The fourth-order valence-corrected chi connectivity index (χ4v) is 1.55. The van der Waals surface area contributed by atoms with Gasteiger partial charge in [0.25, 0.3) is 0 Å². The maximum atomic E-state index is 13.4. The topological polar surface area (TPSA) is 38.3 Å². The summed E-state index contributed by atoms with van der Waals surface area (Å²) in [4.78, 5) is 11.4. The van der Waals surface area contributed by atoms with Gasteiger partial charge in [0.05, 0.1) is 6.54 Å². The number of hydrogen-bond acceptors (Lipinski definition) is 3. The van der Waals surface area contributed by atoms with Crippen LogP contribution in [-0.2, 0) is 16.1 Å². The van der Waals surface area contributed by atoms with Gasteiger partial charge in [0.2, 0.25) is 0 Å². The van der Waals surface area contributed by atoms with Gasteiger partial charge < -0.3 is 10.1 Å². The third-order valence-electron chi connectivity index (χ3n) is 2.01. The number of halogens is 2. The molecule has 0 unspecified atom stereocenters. The highest BCUT2D eigenvalue weighted by atomic mass is 35.5. The predicted molar refractivity (Wildman–Crippen MR) is 69.0 cm³/mol. The second kappa shape index (κ2) is 6.16. The van der Waals surface area contributed by atoms with E-state index in [9.17, 15) is 9.18 Å². The average Bonchev–Trinajstić information content (AvgIpc) is 2.20. The Labute approximate surface area is 111 Å². The molecule has 0 amide bonds. The summed E-state index contributed by atoms with van der Waals surface area (Å²) in [6, 6.07) is 4.31. The molecular weight excluding hydrogens is 257 g/mol. The molecule has 0 radical (unpaired) electrons. The summed E-state index contributed by atoms with van der Waals surface area (Å²) in [7, 11) is 0. The lowest BCUT2D eigenvalue weighted by Crippen LogP contribution is -2.31. The van der Waals surface area contributed by atoms with Gasteiger partial charge in [-0.05, 0) is 39.0 Å². The molecule has 1 rings (SSSR count). The van der Waals surface area contributed by atoms with Gasteiger partial charge in [-0.1, -0.05) is 11.6 Å². The van der Waals surface area contributed by atoms with E-state index in [0.717, 1.165) is 0 Å². The smallest absolute Gasteiger partial charge is 0.320 e. The highest BCUT2D eigenvalue weighted by Gasteiger charge is 2.15. The first-order valence-electron chi connectivity index (χ1n) is 5.64. The molecule has 0 heterocycles. The van der Waals surface area contributed by atoms with Gasteiger partial charge in [-0.25, -0.2) is 4.39 Å². The molecule has 0 aliphatic rings. The van der Waals surface area contributed by atoms with Gasteiger partial charge in [-0.15, -0.1) is 0 Å². The van der Waals surface area contributed by atoms with E-state index in [2.05, 4.69) is 5.32 Å². The van der Waals surface area contributed by atoms with E-state index in [0.29, 0.717) is 10.6 Å². The average molecular weight is 274 g/mol. The first-order valence-corrected chi connectivity index (χ1v) is 6.02. The lowest BCUT2D eigenvalue weighted by atomic mass is 10.2. The predicted octanol–water partition coefficient (Wildman–Crippen LogP) is 2.91. The van der Waals surface area contributed by atoms with E-state index >= 15 is 0 Å². The van der Waals surface area contributed by atoms with E-state index in [1.54, 1.807) is 20.8 Å². The summed E-state index contributed by atoms with van der Waals surface area (Å²) in [6.07, 6.45) is 0. The third kappa shape index (κ3) is 5.47. The van der Waals surface area contributed by atoms with Crippen molar-refractivity contribution in [2.45, 2.75) is 32.9 Å². The summed E-state index contributed by atoms with van der Waals surface area (Å²) in [5, 5.41) is 3.28. The molecule has 0 spiro atoms. The van der Waals surface area contributed by atoms with E-state index in [1.807, 2.05) is 0 Å². The van der Waals surface area contributed by atoms with Crippen LogP contribution in [0.5, 0.6) is 0 Å². The van der Waals surface area contributed by atoms with Crippen LogP contribution in [0.25, 0.3) is 0 Å². The van der Waals surface area contributed by atoms with Crippen molar-refractivity contribution >= 4 is 17.6 Å². The highest BCUT2D eigenvalue weighted by molar-refractivity contribution is 6.30. The van der Waals surface area contributed by atoms with Crippen molar-refractivity contribution in [2.75, 3.05) is 6.54 Å². The van der Waals surface area contributed by atoms with Gasteiger partial charge in [0, 0.05) is 17.1 Å². The van der Waals surface area contributed by atoms with Crippen LogP contribution in [-0.4, -0.2) is 18.1 Å². The zero-order valence-corrected chi connectivity index (χ0v) is 11.5. The van der Waals surface area contributed by atoms with Crippen molar-refractivity contribution in [1.82, 2.24) is 5.32 Å².